The number of aryl methyl sites for hydroxylation is 1. The monoisotopic (exact) mass is 341 g/mol. The lowest BCUT2D eigenvalue weighted by atomic mass is 9.73. The lowest BCUT2D eigenvalue weighted by Gasteiger charge is -2.47. The zero-order chi connectivity index (χ0) is 17.6. The summed E-state index contributed by atoms with van der Waals surface area (Å²) in [6.45, 7) is 6.38. The van der Waals surface area contributed by atoms with Gasteiger partial charge in [0.15, 0.2) is 0 Å². The Kier molecular flexibility index (Phi) is 4.20. The highest BCUT2D eigenvalue weighted by Crippen LogP contribution is 2.44. The van der Waals surface area contributed by atoms with Crippen LogP contribution in [0.3, 0.4) is 0 Å². The number of fused-ring (bicyclic) bond motifs is 2. The van der Waals surface area contributed by atoms with E-state index in [0.29, 0.717) is 12.0 Å². The number of piperidine rings is 1. The molecule has 5 heteroatoms. The van der Waals surface area contributed by atoms with Gasteiger partial charge in [-0.25, -0.2) is 4.79 Å². The van der Waals surface area contributed by atoms with Gasteiger partial charge in [-0.15, -0.1) is 0 Å². The van der Waals surface area contributed by atoms with Gasteiger partial charge in [0, 0.05) is 41.1 Å². The van der Waals surface area contributed by atoms with E-state index in [1.54, 1.807) is 0 Å². The summed E-state index contributed by atoms with van der Waals surface area (Å²) in [5, 5.41) is 4.45. The van der Waals surface area contributed by atoms with Gasteiger partial charge in [-0.2, -0.15) is 0 Å². The largest absolute Gasteiger partial charge is 0.453 e. The number of methoxy groups -OCH3 is 1. The molecule has 2 N–H and O–H groups in total. The molecule has 134 valence electrons. The molecule has 0 radical (unpaired) electrons. The standard InChI is InChI=1S/C20H27N3O2/c1-4-8-23-11-13(22-20(24)25-3)9-16-14-6-5-7-17-19(14)15(10-18(16)23)12(2)21-17/h5-7,13,16,18,21H,4,8-11H2,1-3H3,(H,22,24)/t13-,16?,18+/m0/s1. The predicted molar refractivity (Wildman–Crippen MR) is 99.1 cm³/mol. The summed E-state index contributed by atoms with van der Waals surface area (Å²) < 4.78 is 4.83. The lowest BCUT2D eigenvalue weighted by molar-refractivity contribution is 0.0934. The fourth-order valence-electron chi connectivity index (χ4n) is 4.94. The SMILES string of the molecule is CCCN1C[C@@H](NC(=O)OC)CC2c3cccc4[nH]c(C)c(c34)C[C@H]21. The van der Waals surface area contributed by atoms with Crippen LogP contribution in [0.25, 0.3) is 10.9 Å². The third kappa shape index (κ3) is 2.71. The Labute approximate surface area is 148 Å². The van der Waals surface area contributed by atoms with Crippen LogP contribution in [-0.2, 0) is 11.2 Å². The van der Waals surface area contributed by atoms with Gasteiger partial charge < -0.3 is 15.0 Å². The number of nitrogens with one attached hydrogen (secondary N) is 2. The third-order valence-electron chi connectivity index (χ3n) is 5.93. The van der Waals surface area contributed by atoms with Gasteiger partial charge in [-0.05, 0) is 49.9 Å². The first-order chi connectivity index (χ1) is 12.1. The maximum Gasteiger partial charge on any atom is 0.407 e. The number of aromatic amines is 1. The van der Waals surface area contributed by atoms with Crippen molar-refractivity contribution in [3.05, 3.63) is 35.0 Å². The first-order valence-electron chi connectivity index (χ1n) is 9.31. The summed E-state index contributed by atoms with van der Waals surface area (Å²) in [5.41, 5.74) is 5.46. The van der Waals surface area contributed by atoms with E-state index < -0.39 is 0 Å². The number of likely N-dealkylation sites (tertiary alicyclic amines) is 1. The molecule has 2 aromatic rings. The van der Waals surface area contributed by atoms with Crippen LogP contribution in [-0.4, -0.2) is 48.3 Å². The van der Waals surface area contributed by atoms with Crippen molar-refractivity contribution < 1.29 is 9.53 Å². The zero-order valence-electron chi connectivity index (χ0n) is 15.3. The average Bonchev–Trinajstić information content (AvgIpc) is 2.93. The molecule has 25 heavy (non-hydrogen) atoms. The number of amides is 1. The van der Waals surface area contributed by atoms with E-state index in [9.17, 15) is 4.79 Å². The van der Waals surface area contributed by atoms with Crippen LogP contribution >= 0.6 is 0 Å². The van der Waals surface area contributed by atoms with Crippen LogP contribution in [0.5, 0.6) is 0 Å². The van der Waals surface area contributed by atoms with Crippen molar-refractivity contribution in [2.75, 3.05) is 20.2 Å². The summed E-state index contributed by atoms with van der Waals surface area (Å²) in [6, 6.07) is 7.26. The van der Waals surface area contributed by atoms with Crippen molar-refractivity contribution in [2.45, 2.75) is 51.1 Å². The molecule has 0 spiro atoms. The zero-order valence-corrected chi connectivity index (χ0v) is 15.3. The van der Waals surface area contributed by atoms with Crippen molar-refractivity contribution >= 4 is 17.0 Å². The molecule has 1 aliphatic heterocycles. The van der Waals surface area contributed by atoms with Crippen molar-refractivity contribution in [2.24, 2.45) is 0 Å². The fraction of sp³-hybridized carbons (Fsp3) is 0.550. The molecule has 0 bridgehead atoms. The molecular weight excluding hydrogens is 314 g/mol. The van der Waals surface area contributed by atoms with Crippen LogP contribution in [0.15, 0.2) is 18.2 Å². The number of aromatic nitrogens is 1. The summed E-state index contributed by atoms with van der Waals surface area (Å²) in [4.78, 5) is 17.9. The van der Waals surface area contributed by atoms with Gasteiger partial charge in [0.1, 0.15) is 0 Å². The van der Waals surface area contributed by atoms with Crippen molar-refractivity contribution in [3.63, 3.8) is 0 Å². The molecule has 1 aliphatic carbocycles. The molecule has 2 heterocycles. The highest BCUT2D eigenvalue weighted by molar-refractivity contribution is 5.89. The van der Waals surface area contributed by atoms with E-state index in [4.69, 9.17) is 4.74 Å². The Morgan fingerprint density at radius 2 is 2.28 bits per heavy atom. The molecule has 5 nitrogen and oxygen atoms in total. The van der Waals surface area contributed by atoms with Crippen LogP contribution in [0.1, 0.15) is 42.5 Å². The first-order valence-corrected chi connectivity index (χ1v) is 9.31. The number of hydrogen-bond donors (Lipinski definition) is 2. The molecule has 2 aliphatic rings. The van der Waals surface area contributed by atoms with Gasteiger partial charge in [0.05, 0.1) is 7.11 Å². The maximum atomic E-state index is 11.7. The highest BCUT2D eigenvalue weighted by Gasteiger charge is 2.41. The minimum atomic E-state index is -0.327. The minimum Gasteiger partial charge on any atom is -0.453 e. The first kappa shape index (κ1) is 16.5. The van der Waals surface area contributed by atoms with Gasteiger partial charge in [-0.3, -0.25) is 4.90 Å². The van der Waals surface area contributed by atoms with Gasteiger partial charge in [0.25, 0.3) is 0 Å². The number of ether oxygens (including phenoxy) is 1. The molecule has 1 aromatic carbocycles. The van der Waals surface area contributed by atoms with Crippen molar-refractivity contribution in [1.82, 2.24) is 15.2 Å². The molecule has 1 amide bonds. The Balaban J connectivity index is 1.74. The summed E-state index contributed by atoms with van der Waals surface area (Å²) in [6.07, 6.45) is 2.87. The number of nitrogens with zero attached hydrogens (tertiary/aromatic N) is 1. The second-order valence-corrected chi connectivity index (χ2v) is 7.44. The molecule has 1 fully saturated rings. The smallest absolute Gasteiger partial charge is 0.407 e. The summed E-state index contributed by atoms with van der Waals surface area (Å²) >= 11 is 0. The van der Waals surface area contributed by atoms with E-state index in [0.717, 1.165) is 32.4 Å². The normalized spacial score (nSPS) is 25.6. The Morgan fingerprint density at radius 1 is 1.44 bits per heavy atom. The maximum absolute atomic E-state index is 11.7. The number of carbonyl (C=O) groups excluding carboxylic acids is 1. The molecule has 1 saturated heterocycles. The van der Waals surface area contributed by atoms with Crippen LogP contribution in [0.2, 0.25) is 0 Å². The van der Waals surface area contributed by atoms with Gasteiger partial charge in [0.2, 0.25) is 0 Å². The van der Waals surface area contributed by atoms with Crippen molar-refractivity contribution in [1.29, 1.82) is 0 Å². The third-order valence-corrected chi connectivity index (χ3v) is 5.93. The number of H-pyrrole nitrogens is 1. The lowest BCUT2D eigenvalue weighted by Crippen LogP contribution is -2.56. The highest BCUT2D eigenvalue weighted by atomic mass is 16.5. The number of rotatable bonds is 3. The van der Waals surface area contributed by atoms with E-state index in [1.165, 1.54) is 34.8 Å². The van der Waals surface area contributed by atoms with Crippen molar-refractivity contribution in [3.8, 4) is 0 Å². The topological polar surface area (TPSA) is 57.4 Å². The fourth-order valence-corrected chi connectivity index (χ4v) is 4.94. The molecule has 0 saturated carbocycles. The average molecular weight is 341 g/mol. The second kappa shape index (κ2) is 6.37. The number of hydrogen-bond acceptors (Lipinski definition) is 3. The molecule has 1 aromatic heterocycles. The van der Waals surface area contributed by atoms with E-state index in [1.807, 2.05) is 0 Å². The quantitative estimate of drug-likeness (QED) is 0.900. The van der Waals surface area contributed by atoms with E-state index in [-0.39, 0.29) is 12.1 Å². The Hall–Kier alpha value is -2.01. The minimum absolute atomic E-state index is 0.136. The molecular formula is C20H27N3O2. The van der Waals surface area contributed by atoms with Gasteiger partial charge in [-0.1, -0.05) is 19.1 Å². The Morgan fingerprint density at radius 3 is 3.04 bits per heavy atom. The van der Waals surface area contributed by atoms with Gasteiger partial charge >= 0.3 is 6.09 Å². The number of carbonyl (C=O) groups is 1. The molecule has 1 unspecified atom stereocenters. The number of benzene rings is 1. The second-order valence-electron chi connectivity index (χ2n) is 7.44. The van der Waals surface area contributed by atoms with E-state index in [2.05, 4.69) is 47.2 Å². The van der Waals surface area contributed by atoms with Crippen LogP contribution in [0.4, 0.5) is 4.79 Å². The van der Waals surface area contributed by atoms with Crippen LogP contribution < -0.4 is 5.32 Å². The molecule has 4 rings (SSSR count). The number of alkyl carbamates (subject to hydrolysis) is 1. The summed E-state index contributed by atoms with van der Waals surface area (Å²) in [7, 11) is 1.43. The molecule has 3 atom stereocenters. The van der Waals surface area contributed by atoms with E-state index >= 15 is 0 Å². The Bertz CT molecular complexity index is 798. The van der Waals surface area contributed by atoms with Crippen LogP contribution in [0, 0.1) is 6.92 Å². The predicted octanol–water partition coefficient (Wildman–Crippen LogP) is 3.32. The summed E-state index contributed by atoms with van der Waals surface area (Å²) in [5.74, 6) is 0.453.